The highest BCUT2D eigenvalue weighted by molar-refractivity contribution is 4.91. The van der Waals surface area contributed by atoms with Crippen LogP contribution in [0.2, 0.25) is 0 Å². The summed E-state index contributed by atoms with van der Waals surface area (Å²) in [5.74, 6) is 0. The van der Waals surface area contributed by atoms with Crippen LogP contribution in [0.4, 0.5) is 0 Å². The third-order valence-corrected chi connectivity index (χ3v) is 2.89. The van der Waals surface area contributed by atoms with Gasteiger partial charge in [-0.1, -0.05) is 0 Å². The minimum Gasteiger partial charge on any atom is -0.304 e. The molecule has 0 aromatic heterocycles. The fourth-order valence-corrected chi connectivity index (χ4v) is 1.55. The second-order valence-electron chi connectivity index (χ2n) is 4.94. The Balaban J connectivity index is 2.14. The Bertz CT molecular complexity index is 223. The van der Waals surface area contributed by atoms with Crippen LogP contribution in [0.25, 0.3) is 0 Å². The van der Waals surface area contributed by atoms with Gasteiger partial charge in [-0.2, -0.15) is 5.26 Å². The van der Waals surface area contributed by atoms with Gasteiger partial charge in [-0.15, -0.1) is 0 Å². The van der Waals surface area contributed by atoms with E-state index in [2.05, 4.69) is 28.5 Å². The van der Waals surface area contributed by atoms with Gasteiger partial charge < -0.3 is 4.90 Å². The largest absolute Gasteiger partial charge is 0.304 e. The fraction of sp³-hybridized carbons (Fsp3) is 0.909. The summed E-state index contributed by atoms with van der Waals surface area (Å²) in [5.41, 5.74) is 3.18. The second-order valence-corrected chi connectivity index (χ2v) is 4.94. The van der Waals surface area contributed by atoms with Gasteiger partial charge in [0.25, 0.3) is 0 Å². The Morgan fingerprint density at radius 3 is 2.40 bits per heavy atom. The molecule has 1 fully saturated rings. The SMILES string of the molecule is CN1CCN(NCCC(C)(C)C#N)CC1. The van der Waals surface area contributed by atoms with E-state index in [1.54, 1.807) is 0 Å². The van der Waals surface area contributed by atoms with Crippen molar-refractivity contribution in [3.63, 3.8) is 0 Å². The molecule has 86 valence electrons. The number of nitriles is 1. The van der Waals surface area contributed by atoms with Crippen LogP contribution in [0.15, 0.2) is 0 Å². The Kier molecular flexibility index (Phi) is 4.52. The van der Waals surface area contributed by atoms with Gasteiger partial charge in [-0.25, -0.2) is 5.01 Å². The molecule has 0 aliphatic carbocycles. The normalized spacial score (nSPS) is 20.1. The third-order valence-electron chi connectivity index (χ3n) is 2.89. The van der Waals surface area contributed by atoms with Crippen molar-refractivity contribution in [1.29, 1.82) is 5.26 Å². The molecule has 0 radical (unpaired) electrons. The summed E-state index contributed by atoms with van der Waals surface area (Å²) in [5, 5.41) is 11.1. The van der Waals surface area contributed by atoms with E-state index in [9.17, 15) is 0 Å². The highest BCUT2D eigenvalue weighted by Gasteiger charge is 2.17. The maximum Gasteiger partial charge on any atom is 0.0684 e. The van der Waals surface area contributed by atoms with Crippen LogP contribution >= 0.6 is 0 Å². The zero-order chi connectivity index (χ0) is 11.3. The monoisotopic (exact) mass is 210 g/mol. The molecule has 0 aromatic rings. The number of piperazine rings is 1. The molecule has 4 nitrogen and oxygen atoms in total. The van der Waals surface area contributed by atoms with Crippen LogP contribution in [0.3, 0.4) is 0 Å². The standard InChI is InChI=1S/C11H22N4/c1-11(2,10-12)4-5-13-15-8-6-14(3)7-9-15/h13H,4-9H2,1-3H3. The summed E-state index contributed by atoms with van der Waals surface area (Å²) < 4.78 is 0. The maximum atomic E-state index is 8.87. The molecule has 1 rings (SSSR count). The minimum atomic E-state index is -0.209. The quantitative estimate of drug-likeness (QED) is 0.741. The molecule has 15 heavy (non-hydrogen) atoms. The van der Waals surface area contributed by atoms with E-state index in [1.807, 2.05) is 13.8 Å². The summed E-state index contributed by atoms with van der Waals surface area (Å²) in [6.07, 6.45) is 0.899. The van der Waals surface area contributed by atoms with E-state index >= 15 is 0 Å². The van der Waals surface area contributed by atoms with Crippen molar-refractivity contribution in [3.8, 4) is 6.07 Å². The van der Waals surface area contributed by atoms with Gasteiger partial charge in [-0.3, -0.25) is 5.43 Å². The minimum absolute atomic E-state index is 0.209. The molecule has 1 aliphatic heterocycles. The number of hydrogen-bond acceptors (Lipinski definition) is 4. The smallest absolute Gasteiger partial charge is 0.0684 e. The van der Waals surface area contributed by atoms with Gasteiger partial charge in [0, 0.05) is 32.7 Å². The molecule has 0 spiro atoms. The third kappa shape index (κ3) is 4.61. The Labute approximate surface area is 92.8 Å². The topological polar surface area (TPSA) is 42.3 Å². The first kappa shape index (κ1) is 12.4. The van der Waals surface area contributed by atoms with E-state index in [4.69, 9.17) is 5.26 Å². The van der Waals surface area contributed by atoms with Crippen molar-refractivity contribution >= 4 is 0 Å². The molecule has 4 heteroatoms. The molecule has 0 amide bonds. The van der Waals surface area contributed by atoms with Crippen LogP contribution in [0, 0.1) is 16.7 Å². The van der Waals surface area contributed by atoms with Crippen molar-refractivity contribution in [2.45, 2.75) is 20.3 Å². The molecule has 1 heterocycles. The highest BCUT2D eigenvalue weighted by Crippen LogP contribution is 2.17. The van der Waals surface area contributed by atoms with E-state index in [1.165, 1.54) is 0 Å². The van der Waals surface area contributed by atoms with Crippen LogP contribution < -0.4 is 5.43 Å². The molecule has 0 unspecified atom stereocenters. The maximum absolute atomic E-state index is 8.87. The zero-order valence-corrected chi connectivity index (χ0v) is 10.1. The molecular formula is C11H22N4. The summed E-state index contributed by atoms with van der Waals surface area (Å²) in [6, 6.07) is 2.32. The zero-order valence-electron chi connectivity index (χ0n) is 10.1. The van der Waals surface area contributed by atoms with E-state index < -0.39 is 0 Å². The number of likely N-dealkylation sites (N-methyl/N-ethyl adjacent to an activating group) is 1. The Morgan fingerprint density at radius 2 is 1.87 bits per heavy atom. The molecule has 1 saturated heterocycles. The number of nitrogens with zero attached hydrogens (tertiary/aromatic N) is 3. The lowest BCUT2D eigenvalue weighted by atomic mass is 9.92. The van der Waals surface area contributed by atoms with Gasteiger partial charge in [0.15, 0.2) is 0 Å². The Hall–Kier alpha value is -0.630. The molecule has 0 bridgehead atoms. The Morgan fingerprint density at radius 1 is 1.27 bits per heavy atom. The summed E-state index contributed by atoms with van der Waals surface area (Å²) >= 11 is 0. The van der Waals surface area contributed by atoms with Crippen molar-refractivity contribution in [1.82, 2.24) is 15.3 Å². The van der Waals surface area contributed by atoms with E-state index in [0.29, 0.717) is 0 Å². The van der Waals surface area contributed by atoms with Gasteiger partial charge in [0.1, 0.15) is 0 Å². The highest BCUT2D eigenvalue weighted by atomic mass is 15.5. The van der Waals surface area contributed by atoms with Crippen LogP contribution in [-0.4, -0.2) is 49.7 Å². The van der Waals surface area contributed by atoms with Gasteiger partial charge in [-0.05, 0) is 27.3 Å². The fourth-order valence-electron chi connectivity index (χ4n) is 1.55. The van der Waals surface area contributed by atoms with Crippen molar-refractivity contribution < 1.29 is 0 Å². The van der Waals surface area contributed by atoms with Gasteiger partial charge in [0.05, 0.1) is 11.5 Å². The lowest BCUT2D eigenvalue weighted by Gasteiger charge is -2.33. The molecular weight excluding hydrogens is 188 g/mol. The predicted octanol–water partition coefficient (Wildman–Crippen LogP) is 0.678. The summed E-state index contributed by atoms with van der Waals surface area (Å²) in [6.45, 7) is 9.25. The van der Waals surface area contributed by atoms with Gasteiger partial charge in [0.2, 0.25) is 0 Å². The number of hydrazine groups is 1. The van der Waals surface area contributed by atoms with Crippen molar-refractivity contribution in [3.05, 3.63) is 0 Å². The number of nitrogens with one attached hydrogen (secondary N) is 1. The average Bonchev–Trinajstić information content (AvgIpc) is 2.21. The first-order valence-corrected chi connectivity index (χ1v) is 5.62. The van der Waals surface area contributed by atoms with Crippen LogP contribution in [0.5, 0.6) is 0 Å². The summed E-state index contributed by atoms with van der Waals surface area (Å²) in [4.78, 5) is 2.33. The van der Waals surface area contributed by atoms with Crippen LogP contribution in [0.1, 0.15) is 20.3 Å². The second kappa shape index (κ2) is 5.45. The number of rotatable bonds is 4. The van der Waals surface area contributed by atoms with E-state index in [0.717, 1.165) is 39.1 Å². The molecule has 0 aromatic carbocycles. The average molecular weight is 210 g/mol. The van der Waals surface area contributed by atoms with Crippen molar-refractivity contribution in [2.24, 2.45) is 5.41 Å². The lowest BCUT2D eigenvalue weighted by molar-refractivity contribution is 0.101. The summed E-state index contributed by atoms with van der Waals surface area (Å²) in [7, 11) is 2.15. The van der Waals surface area contributed by atoms with E-state index in [-0.39, 0.29) is 5.41 Å². The predicted molar refractivity (Wildman–Crippen MR) is 61.1 cm³/mol. The van der Waals surface area contributed by atoms with Gasteiger partial charge >= 0.3 is 0 Å². The van der Waals surface area contributed by atoms with Crippen molar-refractivity contribution in [2.75, 3.05) is 39.8 Å². The van der Waals surface area contributed by atoms with Crippen LogP contribution in [-0.2, 0) is 0 Å². The number of hydrogen-bond donors (Lipinski definition) is 1. The molecule has 1 aliphatic rings. The molecule has 0 atom stereocenters. The lowest BCUT2D eigenvalue weighted by Crippen LogP contribution is -2.51. The molecule has 0 saturated carbocycles. The first-order chi connectivity index (χ1) is 7.03. The molecule has 1 N–H and O–H groups in total. The first-order valence-electron chi connectivity index (χ1n) is 5.62.